The van der Waals surface area contributed by atoms with Crippen molar-refractivity contribution in [1.82, 2.24) is 0 Å². The Hall–Kier alpha value is -2.37. The molecule has 0 rings (SSSR count). The van der Waals surface area contributed by atoms with Crippen LogP contribution in [0.25, 0.3) is 0 Å². The maximum Gasteiger partial charge on any atom is 0.306 e. The van der Waals surface area contributed by atoms with Crippen LogP contribution in [0.4, 0.5) is 0 Å². The molecule has 0 aromatic heterocycles. The lowest BCUT2D eigenvalue weighted by Crippen LogP contribution is -2.30. The standard InChI is InChI=1S/C77H144O6/c1-4-7-10-13-16-18-20-22-24-26-28-30-32-34-35-36-37-38-39-40-41-42-44-45-47-49-51-53-55-57-59-61-64-67-70-76(79)82-73-74(72-81-75(78)69-66-63-15-12-9-6-3)83-77(80)71-68-65-62-60-58-56-54-52-50-48-46-43-33-31-29-27-25-23-21-19-17-14-11-8-5-2/h21,23,27,29,33,43,74H,4-20,22,24-26,28,30-32,34-42,44-73H2,1-3H3/b23-21-,29-27-,43-33-. The van der Waals surface area contributed by atoms with Crippen LogP contribution in [0.15, 0.2) is 36.5 Å². The Morgan fingerprint density at radius 1 is 0.241 bits per heavy atom. The van der Waals surface area contributed by atoms with Crippen LogP contribution in [0.2, 0.25) is 0 Å². The summed E-state index contributed by atoms with van der Waals surface area (Å²) in [6.45, 7) is 6.64. The van der Waals surface area contributed by atoms with Crippen molar-refractivity contribution in [2.24, 2.45) is 0 Å². The Morgan fingerprint density at radius 2 is 0.434 bits per heavy atom. The maximum absolute atomic E-state index is 12.9. The monoisotopic (exact) mass is 1170 g/mol. The summed E-state index contributed by atoms with van der Waals surface area (Å²) >= 11 is 0. The highest BCUT2D eigenvalue weighted by atomic mass is 16.6. The van der Waals surface area contributed by atoms with Crippen molar-refractivity contribution in [3.8, 4) is 0 Å². The maximum atomic E-state index is 12.9. The highest BCUT2D eigenvalue weighted by Gasteiger charge is 2.20. The molecule has 0 fully saturated rings. The molecule has 0 aromatic rings. The lowest BCUT2D eigenvalue weighted by molar-refractivity contribution is -0.167. The van der Waals surface area contributed by atoms with Crippen molar-refractivity contribution in [1.29, 1.82) is 0 Å². The summed E-state index contributed by atoms with van der Waals surface area (Å²) in [5, 5.41) is 0. The highest BCUT2D eigenvalue weighted by Crippen LogP contribution is 2.19. The summed E-state index contributed by atoms with van der Waals surface area (Å²) in [6, 6.07) is 0. The van der Waals surface area contributed by atoms with Gasteiger partial charge in [-0.25, -0.2) is 0 Å². The zero-order valence-corrected chi connectivity index (χ0v) is 56.2. The molecule has 1 unspecified atom stereocenters. The van der Waals surface area contributed by atoms with E-state index in [1.807, 2.05) is 0 Å². The van der Waals surface area contributed by atoms with Gasteiger partial charge in [0, 0.05) is 19.3 Å². The van der Waals surface area contributed by atoms with Gasteiger partial charge in [-0.05, 0) is 57.8 Å². The second-order valence-electron chi connectivity index (χ2n) is 25.6. The summed E-state index contributed by atoms with van der Waals surface area (Å²) in [7, 11) is 0. The van der Waals surface area contributed by atoms with Crippen molar-refractivity contribution < 1.29 is 28.6 Å². The normalized spacial score (nSPS) is 12.2. The van der Waals surface area contributed by atoms with Crippen molar-refractivity contribution in [2.45, 2.75) is 425 Å². The van der Waals surface area contributed by atoms with E-state index in [1.54, 1.807) is 0 Å². The van der Waals surface area contributed by atoms with Gasteiger partial charge in [0.05, 0.1) is 0 Å². The molecule has 0 bridgehead atoms. The van der Waals surface area contributed by atoms with Gasteiger partial charge in [-0.15, -0.1) is 0 Å². The van der Waals surface area contributed by atoms with Gasteiger partial charge in [-0.2, -0.15) is 0 Å². The van der Waals surface area contributed by atoms with Crippen molar-refractivity contribution in [3.63, 3.8) is 0 Å². The first-order chi connectivity index (χ1) is 41.0. The third-order valence-electron chi connectivity index (χ3n) is 17.1. The van der Waals surface area contributed by atoms with Crippen molar-refractivity contribution in [2.75, 3.05) is 13.2 Å². The third kappa shape index (κ3) is 70.3. The molecular weight excluding hydrogens is 1020 g/mol. The summed E-state index contributed by atoms with van der Waals surface area (Å²) < 4.78 is 16.9. The lowest BCUT2D eigenvalue weighted by atomic mass is 10.0. The van der Waals surface area contributed by atoms with E-state index in [0.29, 0.717) is 19.3 Å². The van der Waals surface area contributed by atoms with Crippen LogP contribution < -0.4 is 0 Å². The molecule has 0 saturated carbocycles. The smallest absolute Gasteiger partial charge is 0.306 e. The summed E-state index contributed by atoms with van der Waals surface area (Å²) in [5.74, 6) is -0.857. The average molecular weight is 1170 g/mol. The van der Waals surface area contributed by atoms with Crippen LogP contribution in [-0.2, 0) is 28.6 Å². The lowest BCUT2D eigenvalue weighted by Gasteiger charge is -2.18. The number of carbonyl (C=O) groups excluding carboxylic acids is 3. The minimum atomic E-state index is -0.770. The Labute approximate surface area is 518 Å². The second-order valence-corrected chi connectivity index (χ2v) is 25.6. The topological polar surface area (TPSA) is 78.9 Å². The zero-order chi connectivity index (χ0) is 59.9. The Balaban J connectivity index is 3.92. The van der Waals surface area contributed by atoms with E-state index in [1.165, 1.54) is 308 Å². The molecule has 6 nitrogen and oxygen atoms in total. The van der Waals surface area contributed by atoms with Crippen LogP contribution in [0.1, 0.15) is 419 Å². The van der Waals surface area contributed by atoms with E-state index in [0.717, 1.165) is 70.6 Å². The van der Waals surface area contributed by atoms with Crippen LogP contribution in [-0.4, -0.2) is 37.2 Å². The third-order valence-corrected chi connectivity index (χ3v) is 17.1. The molecule has 0 amide bonds. The van der Waals surface area contributed by atoms with Crippen molar-refractivity contribution in [3.05, 3.63) is 36.5 Å². The molecule has 1 atom stereocenters. The van der Waals surface area contributed by atoms with E-state index in [2.05, 4.69) is 57.2 Å². The van der Waals surface area contributed by atoms with E-state index in [9.17, 15) is 14.4 Å². The summed E-state index contributed by atoms with van der Waals surface area (Å²) in [5.41, 5.74) is 0. The van der Waals surface area contributed by atoms with Crippen LogP contribution in [0.5, 0.6) is 0 Å². The number of ether oxygens (including phenoxy) is 3. The fourth-order valence-electron chi connectivity index (χ4n) is 11.5. The first-order valence-electron chi connectivity index (χ1n) is 37.5. The van der Waals surface area contributed by atoms with Gasteiger partial charge >= 0.3 is 17.9 Å². The molecule has 488 valence electrons. The minimum Gasteiger partial charge on any atom is -0.462 e. The molecule has 0 aliphatic rings. The Kier molecular flexibility index (Phi) is 70.0. The molecule has 0 radical (unpaired) electrons. The van der Waals surface area contributed by atoms with E-state index < -0.39 is 6.10 Å². The molecule has 0 saturated heterocycles. The molecule has 0 aliphatic heterocycles. The number of esters is 3. The summed E-state index contributed by atoms with van der Waals surface area (Å²) in [6.07, 6.45) is 91.0. The van der Waals surface area contributed by atoms with Gasteiger partial charge in [0.25, 0.3) is 0 Å². The second kappa shape index (κ2) is 72.1. The molecule has 0 spiro atoms. The number of hydrogen-bond acceptors (Lipinski definition) is 6. The van der Waals surface area contributed by atoms with Gasteiger partial charge in [-0.3, -0.25) is 14.4 Å². The molecular formula is C77H144O6. The number of unbranched alkanes of at least 4 members (excludes halogenated alkanes) is 53. The molecule has 0 aliphatic carbocycles. The van der Waals surface area contributed by atoms with Gasteiger partial charge < -0.3 is 14.2 Å². The first kappa shape index (κ1) is 80.6. The molecule has 0 aromatic carbocycles. The number of hydrogen-bond donors (Lipinski definition) is 0. The van der Waals surface area contributed by atoms with Crippen LogP contribution in [0.3, 0.4) is 0 Å². The zero-order valence-electron chi connectivity index (χ0n) is 56.2. The highest BCUT2D eigenvalue weighted by molar-refractivity contribution is 5.71. The predicted molar refractivity (Wildman–Crippen MR) is 362 cm³/mol. The average Bonchev–Trinajstić information content (AvgIpc) is 3.48. The number of rotatable bonds is 70. The fraction of sp³-hybridized carbons (Fsp3) is 0.883. The van der Waals surface area contributed by atoms with Gasteiger partial charge in [-0.1, -0.05) is 378 Å². The quantitative estimate of drug-likeness (QED) is 0.0261. The van der Waals surface area contributed by atoms with E-state index in [4.69, 9.17) is 14.2 Å². The fourth-order valence-corrected chi connectivity index (χ4v) is 11.5. The predicted octanol–water partition coefficient (Wildman–Crippen LogP) is 25.9. The van der Waals surface area contributed by atoms with Crippen molar-refractivity contribution >= 4 is 17.9 Å². The SMILES string of the molecule is CCCCCCC/C=C\C/C=C\C/C=C\CCCCCCCCCCCCC(=O)OC(COC(=O)CCCCCCCC)COC(=O)CCCCCCCCCCCCCCCCCCCCCCCCCCCCCCCCCCCC. The molecule has 0 N–H and O–H groups in total. The van der Waals surface area contributed by atoms with E-state index in [-0.39, 0.29) is 31.1 Å². The van der Waals surface area contributed by atoms with Crippen LogP contribution >= 0.6 is 0 Å². The number of allylic oxidation sites excluding steroid dienone is 6. The van der Waals surface area contributed by atoms with E-state index >= 15 is 0 Å². The Bertz CT molecular complexity index is 1380. The van der Waals surface area contributed by atoms with Gasteiger partial charge in [0.15, 0.2) is 6.10 Å². The van der Waals surface area contributed by atoms with Gasteiger partial charge in [0.2, 0.25) is 0 Å². The molecule has 83 heavy (non-hydrogen) atoms. The minimum absolute atomic E-state index is 0.0690. The first-order valence-corrected chi connectivity index (χ1v) is 37.5. The molecule has 6 heteroatoms. The Morgan fingerprint density at radius 3 is 0.675 bits per heavy atom. The van der Waals surface area contributed by atoms with Crippen LogP contribution in [0, 0.1) is 0 Å². The summed E-state index contributed by atoms with van der Waals surface area (Å²) in [4.78, 5) is 38.1. The number of carbonyl (C=O) groups is 3. The van der Waals surface area contributed by atoms with Gasteiger partial charge in [0.1, 0.15) is 13.2 Å². The largest absolute Gasteiger partial charge is 0.462 e. The molecule has 0 heterocycles.